The van der Waals surface area contributed by atoms with Crippen LogP contribution < -0.4 is 15.4 Å². The van der Waals surface area contributed by atoms with Gasteiger partial charge in [0.05, 0.1) is 19.3 Å². The van der Waals surface area contributed by atoms with E-state index in [-0.39, 0.29) is 12.2 Å². The van der Waals surface area contributed by atoms with Gasteiger partial charge in [-0.1, -0.05) is 49.4 Å². The highest BCUT2D eigenvalue weighted by atomic mass is 16.5. The SMILES string of the molecule is CCC(Nc1nccc2ccccc12)N1CCNCC1c1ccccc1OC. The molecule has 3 aromatic rings. The van der Waals surface area contributed by atoms with E-state index in [1.165, 1.54) is 10.9 Å². The summed E-state index contributed by atoms with van der Waals surface area (Å²) in [5, 5.41) is 9.64. The number of hydrogen-bond donors (Lipinski definition) is 2. The van der Waals surface area contributed by atoms with E-state index in [2.05, 4.69) is 69.9 Å². The molecule has 0 amide bonds. The topological polar surface area (TPSA) is 49.4 Å². The fourth-order valence-electron chi connectivity index (χ4n) is 4.14. The number of aromatic nitrogens is 1. The van der Waals surface area contributed by atoms with Gasteiger partial charge in [0.15, 0.2) is 0 Å². The summed E-state index contributed by atoms with van der Waals surface area (Å²) in [6, 6.07) is 19.0. The van der Waals surface area contributed by atoms with E-state index in [1.54, 1.807) is 7.11 Å². The molecule has 146 valence electrons. The zero-order valence-corrected chi connectivity index (χ0v) is 16.6. The van der Waals surface area contributed by atoms with Crippen molar-refractivity contribution in [3.63, 3.8) is 0 Å². The number of pyridine rings is 1. The summed E-state index contributed by atoms with van der Waals surface area (Å²) >= 11 is 0. The molecule has 0 spiro atoms. The largest absolute Gasteiger partial charge is 0.496 e. The summed E-state index contributed by atoms with van der Waals surface area (Å²) in [6.45, 7) is 5.08. The molecule has 0 saturated carbocycles. The maximum absolute atomic E-state index is 5.65. The summed E-state index contributed by atoms with van der Waals surface area (Å²) in [4.78, 5) is 7.18. The second kappa shape index (κ2) is 8.59. The Morgan fingerprint density at radius 2 is 2.00 bits per heavy atom. The van der Waals surface area contributed by atoms with Crippen LogP contribution in [0.15, 0.2) is 60.8 Å². The molecule has 1 fully saturated rings. The maximum Gasteiger partial charge on any atom is 0.135 e. The molecule has 1 saturated heterocycles. The van der Waals surface area contributed by atoms with Gasteiger partial charge in [-0.05, 0) is 23.9 Å². The van der Waals surface area contributed by atoms with Gasteiger partial charge >= 0.3 is 0 Å². The highest BCUT2D eigenvalue weighted by Gasteiger charge is 2.31. The molecule has 2 heterocycles. The number of rotatable bonds is 6. The zero-order valence-electron chi connectivity index (χ0n) is 16.6. The number of benzene rings is 2. The van der Waals surface area contributed by atoms with Gasteiger partial charge in [0.1, 0.15) is 11.6 Å². The number of ether oxygens (including phenoxy) is 1. The monoisotopic (exact) mass is 376 g/mol. The summed E-state index contributed by atoms with van der Waals surface area (Å²) < 4.78 is 5.65. The summed E-state index contributed by atoms with van der Waals surface area (Å²) in [5.41, 5.74) is 1.23. The Morgan fingerprint density at radius 3 is 2.86 bits per heavy atom. The fourth-order valence-corrected chi connectivity index (χ4v) is 4.14. The van der Waals surface area contributed by atoms with Crippen LogP contribution in [-0.4, -0.2) is 42.8 Å². The molecule has 2 unspecified atom stereocenters. The second-order valence-corrected chi connectivity index (χ2v) is 7.15. The Hall–Kier alpha value is -2.63. The highest BCUT2D eigenvalue weighted by Crippen LogP contribution is 2.32. The van der Waals surface area contributed by atoms with Crippen molar-refractivity contribution in [2.24, 2.45) is 0 Å². The first kappa shape index (κ1) is 18.7. The lowest BCUT2D eigenvalue weighted by atomic mass is 10.0. The molecular weight excluding hydrogens is 348 g/mol. The molecule has 4 rings (SSSR count). The van der Waals surface area contributed by atoms with E-state index >= 15 is 0 Å². The van der Waals surface area contributed by atoms with Gasteiger partial charge in [0, 0.05) is 36.8 Å². The molecule has 0 bridgehead atoms. The molecule has 1 aliphatic heterocycles. The van der Waals surface area contributed by atoms with Crippen LogP contribution in [0.3, 0.4) is 0 Å². The smallest absolute Gasteiger partial charge is 0.135 e. The Kier molecular flexibility index (Phi) is 5.74. The van der Waals surface area contributed by atoms with Gasteiger partial charge in [-0.3, -0.25) is 4.90 Å². The number of para-hydroxylation sites is 1. The van der Waals surface area contributed by atoms with Crippen molar-refractivity contribution >= 4 is 16.6 Å². The predicted molar refractivity (Wildman–Crippen MR) is 115 cm³/mol. The average Bonchev–Trinajstić information content (AvgIpc) is 2.77. The van der Waals surface area contributed by atoms with E-state index in [9.17, 15) is 0 Å². The highest BCUT2D eigenvalue weighted by molar-refractivity contribution is 5.91. The molecule has 5 heteroatoms. The molecule has 0 radical (unpaired) electrons. The Balaban J connectivity index is 1.65. The van der Waals surface area contributed by atoms with Gasteiger partial charge in [-0.2, -0.15) is 0 Å². The first-order valence-electron chi connectivity index (χ1n) is 10.0. The molecular formula is C23H28N4O. The maximum atomic E-state index is 5.65. The van der Waals surface area contributed by atoms with Crippen LogP contribution in [0.25, 0.3) is 10.8 Å². The lowest BCUT2D eigenvalue weighted by Gasteiger charge is -2.42. The van der Waals surface area contributed by atoms with E-state index in [4.69, 9.17) is 4.74 Å². The van der Waals surface area contributed by atoms with Gasteiger partial charge in [-0.25, -0.2) is 4.98 Å². The van der Waals surface area contributed by atoms with Crippen LogP contribution in [0.5, 0.6) is 5.75 Å². The van der Waals surface area contributed by atoms with Crippen LogP contribution in [0.4, 0.5) is 5.82 Å². The van der Waals surface area contributed by atoms with Gasteiger partial charge in [0.25, 0.3) is 0 Å². The minimum absolute atomic E-state index is 0.190. The van der Waals surface area contributed by atoms with Crippen LogP contribution in [0.2, 0.25) is 0 Å². The van der Waals surface area contributed by atoms with Crippen molar-refractivity contribution in [2.75, 3.05) is 32.1 Å². The van der Waals surface area contributed by atoms with Crippen LogP contribution in [0.1, 0.15) is 24.9 Å². The third-order valence-electron chi connectivity index (χ3n) is 5.55. The molecule has 5 nitrogen and oxygen atoms in total. The van der Waals surface area contributed by atoms with Gasteiger partial charge in [0.2, 0.25) is 0 Å². The number of nitrogens with zero attached hydrogens (tertiary/aromatic N) is 2. The minimum atomic E-state index is 0.190. The number of nitrogens with one attached hydrogen (secondary N) is 2. The Bertz CT molecular complexity index is 924. The van der Waals surface area contributed by atoms with Crippen molar-refractivity contribution in [1.82, 2.24) is 15.2 Å². The standard InChI is InChI=1S/C23H28N4O/c1-3-22(26-23-18-9-5-4-8-17(18)12-13-25-23)27-15-14-24-16-20(27)19-10-6-7-11-21(19)28-2/h4-13,20,22,24H,3,14-16H2,1-2H3,(H,25,26). The molecule has 28 heavy (non-hydrogen) atoms. The predicted octanol–water partition coefficient (Wildman–Crippen LogP) is 4.04. The second-order valence-electron chi connectivity index (χ2n) is 7.15. The Morgan fingerprint density at radius 1 is 1.18 bits per heavy atom. The van der Waals surface area contributed by atoms with E-state index in [1.807, 2.05) is 18.3 Å². The first-order chi connectivity index (χ1) is 13.8. The normalized spacial score (nSPS) is 18.7. The van der Waals surface area contributed by atoms with Crippen molar-refractivity contribution in [3.05, 3.63) is 66.4 Å². The van der Waals surface area contributed by atoms with Crippen LogP contribution >= 0.6 is 0 Å². The van der Waals surface area contributed by atoms with Gasteiger partial charge in [-0.15, -0.1) is 0 Å². The molecule has 2 N–H and O–H groups in total. The Labute approximate surface area is 166 Å². The van der Waals surface area contributed by atoms with Crippen molar-refractivity contribution in [2.45, 2.75) is 25.6 Å². The van der Waals surface area contributed by atoms with Crippen LogP contribution in [0, 0.1) is 0 Å². The molecule has 2 atom stereocenters. The van der Waals surface area contributed by atoms with Crippen molar-refractivity contribution < 1.29 is 4.74 Å². The summed E-state index contributed by atoms with van der Waals surface area (Å²) in [6.07, 6.45) is 3.05. The van der Waals surface area contributed by atoms with Crippen LogP contribution in [-0.2, 0) is 0 Å². The number of anilines is 1. The molecule has 1 aromatic heterocycles. The first-order valence-corrected chi connectivity index (χ1v) is 10.0. The van der Waals surface area contributed by atoms with E-state index in [0.29, 0.717) is 0 Å². The zero-order chi connectivity index (χ0) is 19.3. The molecule has 0 aliphatic carbocycles. The number of methoxy groups -OCH3 is 1. The quantitative estimate of drug-likeness (QED) is 0.680. The third kappa shape index (κ3) is 3.68. The number of fused-ring (bicyclic) bond motifs is 1. The lowest BCUT2D eigenvalue weighted by Crippen LogP contribution is -2.52. The molecule has 1 aliphatic rings. The summed E-state index contributed by atoms with van der Waals surface area (Å²) in [7, 11) is 1.75. The van der Waals surface area contributed by atoms with Crippen molar-refractivity contribution in [1.29, 1.82) is 0 Å². The van der Waals surface area contributed by atoms with Gasteiger partial charge < -0.3 is 15.4 Å². The lowest BCUT2D eigenvalue weighted by molar-refractivity contribution is 0.115. The number of piperazine rings is 1. The molecule has 2 aromatic carbocycles. The summed E-state index contributed by atoms with van der Waals surface area (Å²) in [5.74, 6) is 1.89. The third-order valence-corrected chi connectivity index (χ3v) is 5.55. The van der Waals surface area contributed by atoms with E-state index in [0.717, 1.165) is 43.0 Å². The average molecular weight is 377 g/mol. The van der Waals surface area contributed by atoms with E-state index < -0.39 is 0 Å². The fraction of sp³-hybridized carbons (Fsp3) is 0.348. The van der Waals surface area contributed by atoms with Crippen molar-refractivity contribution in [3.8, 4) is 5.75 Å². The number of hydrogen-bond acceptors (Lipinski definition) is 5. The minimum Gasteiger partial charge on any atom is -0.496 e.